The number of imidazole rings is 1. The van der Waals surface area contributed by atoms with Gasteiger partial charge in [-0.2, -0.15) is 0 Å². The first-order valence-electron chi connectivity index (χ1n) is 17.7. The van der Waals surface area contributed by atoms with E-state index < -0.39 is 42.4 Å². The van der Waals surface area contributed by atoms with E-state index in [-0.39, 0.29) is 37.3 Å². The third-order valence-electron chi connectivity index (χ3n) is 10.2. The fourth-order valence-electron chi connectivity index (χ4n) is 7.13. The normalized spacial score (nSPS) is 20.5. The number of carboxylic acid groups (broad SMARTS) is 1. The second kappa shape index (κ2) is 15.6. The van der Waals surface area contributed by atoms with Crippen molar-refractivity contribution in [2.75, 3.05) is 32.8 Å². The van der Waals surface area contributed by atoms with Crippen molar-refractivity contribution in [3.05, 3.63) is 94.5 Å². The molecular weight excluding hydrogens is 688 g/mol. The van der Waals surface area contributed by atoms with Crippen LogP contribution in [-0.2, 0) is 34.0 Å². The second-order valence-corrected chi connectivity index (χ2v) is 13.7. The van der Waals surface area contributed by atoms with Gasteiger partial charge >= 0.3 is 5.97 Å². The van der Waals surface area contributed by atoms with Gasteiger partial charge < -0.3 is 29.4 Å². The Kier molecular flexibility index (Phi) is 10.6. The number of likely N-dealkylation sites (tertiary alicyclic amines) is 2. The van der Waals surface area contributed by atoms with E-state index in [0.29, 0.717) is 42.2 Å². The van der Waals surface area contributed by atoms with Crippen LogP contribution >= 0.6 is 0 Å². The Morgan fingerprint density at radius 3 is 2.60 bits per heavy atom. The van der Waals surface area contributed by atoms with E-state index in [9.17, 15) is 28.3 Å². The fourth-order valence-corrected chi connectivity index (χ4v) is 7.13. The number of carboxylic acids is 1. The van der Waals surface area contributed by atoms with Crippen LogP contribution in [0.4, 0.5) is 14.5 Å². The van der Waals surface area contributed by atoms with E-state index in [1.807, 2.05) is 18.2 Å². The van der Waals surface area contributed by atoms with Gasteiger partial charge in [-0.1, -0.05) is 18.2 Å². The molecule has 15 heteroatoms. The van der Waals surface area contributed by atoms with Crippen LogP contribution in [0.15, 0.2) is 54.6 Å². The molecule has 13 nitrogen and oxygen atoms in total. The van der Waals surface area contributed by atoms with E-state index in [2.05, 4.69) is 19.6 Å². The summed E-state index contributed by atoms with van der Waals surface area (Å²) in [5.74, 6) is -1.45. The van der Waals surface area contributed by atoms with E-state index >= 15 is 0 Å². The van der Waals surface area contributed by atoms with Gasteiger partial charge in [-0.05, 0) is 62.7 Å². The molecule has 7 rings (SSSR count). The van der Waals surface area contributed by atoms with Crippen molar-refractivity contribution in [2.45, 2.75) is 69.6 Å². The summed E-state index contributed by atoms with van der Waals surface area (Å²) in [7, 11) is 0. The molecule has 3 saturated heterocycles. The van der Waals surface area contributed by atoms with Crippen LogP contribution in [-0.4, -0.2) is 98.3 Å². The van der Waals surface area contributed by atoms with Crippen molar-refractivity contribution in [3.8, 4) is 5.88 Å². The summed E-state index contributed by atoms with van der Waals surface area (Å²) >= 11 is 0. The lowest BCUT2D eigenvalue weighted by Gasteiger charge is -2.32. The summed E-state index contributed by atoms with van der Waals surface area (Å²) in [6.07, 6.45) is 1.07. The number of nitrogens with zero attached hydrogens (tertiary/aromatic N) is 6. The molecule has 0 saturated carbocycles. The number of amides is 2. The first kappa shape index (κ1) is 35.9. The molecule has 3 aliphatic heterocycles. The minimum atomic E-state index is -1.42. The Hall–Kier alpha value is -5.46. The summed E-state index contributed by atoms with van der Waals surface area (Å²) in [4.78, 5) is 53.4. The molecule has 0 radical (unpaired) electrons. The zero-order chi connectivity index (χ0) is 37.1. The first-order chi connectivity index (χ1) is 25.6. The molecule has 0 spiro atoms. The third kappa shape index (κ3) is 8.13. The van der Waals surface area contributed by atoms with Gasteiger partial charge in [0.25, 0.3) is 5.91 Å². The number of ether oxygens (including phenoxy) is 2. The number of alkyl halides is 1. The zero-order valence-electron chi connectivity index (χ0n) is 28.9. The SMILES string of the molecule is [C-]#[N+]c1ccc(COc2cccc(C3CCN(Cc4nc5cc(C(=O)NCC(=O)N6C[C@@H](F)C[C@H]6C(=O)O)ccc5n4C[C@@H]4CCO4)CC3)n2)c(F)c1. The molecule has 2 N–H and O–H groups in total. The maximum atomic E-state index is 14.3. The van der Waals surface area contributed by atoms with Crippen molar-refractivity contribution in [1.82, 2.24) is 29.7 Å². The predicted octanol–water partition coefficient (Wildman–Crippen LogP) is 4.62. The van der Waals surface area contributed by atoms with Crippen molar-refractivity contribution in [1.29, 1.82) is 0 Å². The monoisotopic (exact) mass is 727 g/mol. The zero-order valence-corrected chi connectivity index (χ0v) is 28.9. The number of hydrogen-bond donors (Lipinski definition) is 2. The van der Waals surface area contributed by atoms with Crippen molar-refractivity contribution >= 4 is 34.5 Å². The Balaban J connectivity index is 0.979. The molecule has 3 aliphatic rings. The maximum absolute atomic E-state index is 14.3. The number of aliphatic carboxylic acids is 1. The van der Waals surface area contributed by atoms with E-state index in [0.717, 1.165) is 54.3 Å². The number of rotatable bonds is 12. The molecule has 2 aromatic heterocycles. The van der Waals surface area contributed by atoms with Crippen LogP contribution in [0.2, 0.25) is 0 Å². The number of hydrogen-bond acceptors (Lipinski definition) is 8. The highest BCUT2D eigenvalue weighted by Crippen LogP contribution is 2.30. The van der Waals surface area contributed by atoms with Crippen molar-refractivity contribution in [3.63, 3.8) is 0 Å². The highest BCUT2D eigenvalue weighted by molar-refractivity contribution is 5.99. The Morgan fingerprint density at radius 2 is 1.89 bits per heavy atom. The summed E-state index contributed by atoms with van der Waals surface area (Å²) < 4.78 is 41.9. The molecule has 4 aromatic rings. The third-order valence-corrected chi connectivity index (χ3v) is 10.2. The standard InChI is InChI=1S/C38H39F2N7O6/c1-41-27-7-5-25(29(40)17-27)22-53-35-4-2-3-30(44-35)23-9-12-45(13-10-23)21-34-43-31-15-24(6-8-32(31)46(34)20-28-11-14-52-28)37(49)42-18-36(48)47-19-26(39)16-33(47)38(50)51/h2-8,15,17,23,26,28,33H,9-14,16,18-22H2,(H,42,49)(H,50,51)/t26-,28-,33-/m0/s1. The van der Waals surface area contributed by atoms with Crippen molar-refractivity contribution < 1.29 is 37.7 Å². The Labute approximate surface area is 304 Å². The maximum Gasteiger partial charge on any atom is 0.326 e. The number of piperidine rings is 1. The van der Waals surface area contributed by atoms with Gasteiger partial charge in [0, 0.05) is 41.8 Å². The highest BCUT2D eigenvalue weighted by atomic mass is 19.1. The number of carbonyl (C=O) groups is 3. The molecule has 276 valence electrons. The predicted molar refractivity (Wildman–Crippen MR) is 188 cm³/mol. The first-order valence-corrected chi connectivity index (χ1v) is 17.7. The van der Waals surface area contributed by atoms with Crippen LogP contribution in [0.3, 0.4) is 0 Å². The molecule has 53 heavy (non-hydrogen) atoms. The summed E-state index contributed by atoms with van der Waals surface area (Å²) in [6, 6.07) is 13.9. The van der Waals surface area contributed by atoms with E-state index in [4.69, 9.17) is 26.0 Å². The van der Waals surface area contributed by atoms with Gasteiger partial charge in [-0.3, -0.25) is 14.5 Å². The number of carbonyl (C=O) groups excluding carboxylic acids is 2. The van der Waals surface area contributed by atoms with Crippen LogP contribution in [0, 0.1) is 12.4 Å². The van der Waals surface area contributed by atoms with Gasteiger partial charge in [0.1, 0.15) is 30.5 Å². The summed E-state index contributed by atoms with van der Waals surface area (Å²) in [6.45, 7) is 9.84. The number of aromatic nitrogens is 3. The van der Waals surface area contributed by atoms with E-state index in [1.165, 1.54) is 6.07 Å². The minimum absolute atomic E-state index is 0.00737. The van der Waals surface area contributed by atoms with Crippen LogP contribution in [0.1, 0.15) is 59.0 Å². The van der Waals surface area contributed by atoms with Crippen LogP contribution in [0.5, 0.6) is 5.88 Å². The smallest absolute Gasteiger partial charge is 0.326 e. The number of fused-ring (bicyclic) bond motifs is 1. The largest absolute Gasteiger partial charge is 0.480 e. The molecule has 0 aliphatic carbocycles. The summed E-state index contributed by atoms with van der Waals surface area (Å²) in [5, 5.41) is 11.9. The molecule has 5 heterocycles. The Morgan fingerprint density at radius 1 is 1.08 bits per heavy atom. The van der Waals surface area contributed by atoms with Crippen molar-refractivity contribution in [2.24, 2.45) is 0 Å². The van der Waals surface area contributed by atoms with Gasteiger partial charge in [-0.15, -0.1) is 0 Å². The molecule has 0 bridgehead atoms. The fraction of sp³-hybridized carbons (Fsp3) is 0.421. The number of nitrogens with one attached hydrogen (secondary N) is 1. The van der Waals surface area contributed by atoms with Gasteiger partial charge in [0.2, 0.25) is 11.8 Å². The lowest BCUT2D eigenvalue weighted by molar-refractivity contribution is -0.147. The molecule has 3 fully saturated rings. The van der Waals surface area contributed by atoms with Gasteiger partial charge in [0.15, 0.2) is 5.69 Å². The average Bonchev–Trinajstić information content (AvgIpc) is 3.71. The van der Waals surface area contributed by atoms with Crippen LogP contribution < -0.4 is 10.1 Å². The highest BCUT2D eigenvalue weighted by Gasteiger charge is 2.39. The molecule has 2 aromatic carbocycles. The molecule has 2 amide bonds. The Bertz CT molecular complexity index is 2060. The number of benzene rings is 2. The molecule has 0 unspecified atom stereocenters. The van der Waals surface area contributed by atoms with Gasteiger partial charge in [0.05, 0.1) is 49.9 Å². The molecule has 3 atom stereocenters. The topological polar surface area (TPSA) is 143 Å². The lowest BCUT2D eigenvalue weighted by atomic mass is 9.93. The minimum Gasteiger partial charge on any atom is -0.480 e. The van der Waals surface area contributed by atoms with Gasteiger partial charge in [-0.25, -0.2) is 28.4 Å². The lowest BCUT2D eigenvalue weighted by Crippen LogP contribution is -2.45. The average molecular weight is 728 g/mol. The van der Waals surface area contributed by atoms with E-state index in [1.54, 1.807) is 30.3 Å². The second-order valence-electron chi connectivity index (χ2n) is 13.7. The number of pyridine rings is 1. The summed E-state index contributed by atoms with van der Waals surface area (Å²) in [5.41, 5.74) is 3.29. The molecular formula is C38H39F2N7O6. The van der Waals surface area contributed by atoms with Crippen LogP contribution in [0.25, 0.3) is 15.9 Å². The number of halogens is 2. The quantitative estimate of drug-likeness (QED) is 0.200.